The van der Waals surface area contributed by atoms with Crippen molar-refractivity contribution in [2.45, 2.75) is 45.3 Å². The molecule has 1 aliphatic heterocycles. The third-order valence-corrected chi connectivity index (χ3v) is 6.54. The lowest BCUT2D eigenvalue weighted by Crippen LogP contribution is -2.38. The highest BCUT2D eigenvalue weighted by atomic mass is 16.5. The first-order valence-corrected chi connectivity index (χ1v) is 11.7. The summed E-state index contributed by atoms with van der Waals surface area (Å²) in [5.74, 6) is 2.62. The molecule has 0 radical (unpaired) electrons. The number of rotatable bonds is 9. The second-order valence-electron chi connectivity index (χ2n) is 9.22. The third-order valence-electron chi connectivity index (χ3n) is 6.54. The molecule has 1 aliphatic carbocycles. The number of ether oxygens (including phenoxy) is 1. The van der Waals surface area contributed by atoms with Gasteiger partial charge >= 0.3 is 0 Å². The number of amides is 1. The Labute approximate surface area is 189 Å². The Kier molecular flexibility index (Phi) is 6.39. The van der Waals surface area contributed by atoms with Gasteiger partial charge in [0, 0.05) is 32.1 Å². The molecule has 0 spiro atoms. The van der Waals surface area contributed by atoms with E-state index in [0.29, 0.717) is 24.8 Å². The van der Waals surface area contributed by atoms with E-state index < -0.39 is 0 Å². The van der Waals surface area contributed by atoms with E-state index in [-0.39, 0.29) is 5.91 Å². The van der Waals surface area contributed by atoms with Crippen molar-refractivity contribution in [1.82, 2.24) is 14.5 Å². The number of hydrogen-bond donors (Lipinski definition) is 0. The molecule has 0 N–H and O–H groups in total. The van der Waals surface area contributed by atoms with Crippen LogP contribution >= 0.6 is 0 Å². The lowest BCUT2D eigenvalue weighted by molar-refractivity contribution is 0.0656. The van der Waals surface area contributed by atoms with E-state index in [1.165, 1.54) is 24.0 Å². The number of imidazole rings is 1. The van der Waals surface area contributed by atoms with Gasteiger partial charge < -0.3 is 18.6 Å². The van der Waals surface area contributed by atoms with Crippen molar-refractivity contribution in [1.29, 1.82) is 0 Å². The number of hydrogen-bond acceptors (Lipinski definition) is 4. The van der Waals surface area contributed by atoms with Gasteiger partial charge in [0.25, 0.3) is 5.91 Å². The van der Waals surface area contributed by atoms with Gasteiger partial charge in [-0.3, -0.25) is 4.79 Å². The van der Waals surface area contributed by atoms with Crippen LogP contribution in [-0.4, -0.2) is 40.1 Å². The van der Waals surface area contributed by atoms with Crippen molar-refractivity contribution in [3.63, 3.8) is 0 Å². The zero-order valence-electron chi connectivity index (χ0n) is 18.5. The number of piperidine rings is 1. The van der Waals surface area contributed by atoms with Crippen LogP contribution in [-0.2, 0) is 24.3 Å². The van der Waals surface area contributed by atoms with Gasteiger partial charge in [-0.1, -0.05) is 24.3 Å². The van der Waals surface area contributed by atoms with Crippen LogP contribution in [0.25, 0.3) is 0 Å². The average Bonchev–Trinajstić information content (AvgIpc) is 3.29. The summed E-state index contributed by atoms with van der Waals surface area (Å²) >= 11 is 0. The van der Waals surface area contributed by atoms with Crippen molar-refractivity contribution in [3.8, 4) is 0 Å². The minimum absolute atomic E-state index is 0.00381. The number of benzene rings is 1. The van der Waals surface area contributed by atoms with Crippen LogP contribution < -0.4 is 0 Å². The summed E-state index contributed by atoms with van der Waals surface area (Å²) in [6.07, 6.45) is 11.1. The number of furan rings is 1. The average molecular weight is 434 g/mol. The standard InChI is InChI=1S/C26H31N3O3/c30-26(25-8-7-24(32-25)16-28-14-11-27-19-28)29-12-9-21(10-13-29)15-20-1-3-22(4-2-20)17-31-18-23-5-6-23/h1-4,7-8,11,14,19,21,23H,5-6,9-10,12-13,15-18H2. The Bertz CT molecular complexity index is 997. The van der Waals surface area contributed by atoms with E-state index in [9.17, 15) is 4.79 Å². The maximum absolute atomic E-state index is 12.9. The van der Waals surface area contributed by atoms with Crippen molar-refractivity contribution in [2.75, 3.05) is 19.7 Å². The molecule has 3 heterocycles. The molecule has 0 atom stereocenters. The van der Waals surface area contributed by atoms with Gasteiger partial charge in [-0.2, -0.15) is 0 Å². The van der Waals surface area contributed by atoms with Gasteiger partial charge in [-0.05, 0) is 67.2 Å². The van der Waals surface area contributed by atoms with E-state index in [4.69, 9.17) is 9.15 Å². The van der Waals surface area contributed by atoms with Crippen molar-refractivity contribution >= 4 is 5.91 Å². The van der Waals surface area contributed by atoms with Crippen LogP contribution in [0.15, 0.2) is 59.5 Å². The fraction of sp³-hybridized carbons (Fsp3) is 0.462. The second-order valence-corrected chi connectivity index (χ2v) is 9.22. The van der Waals surface area contributed by atoms with Crippen LogP contribution in [0.4, 0.5) is 0 Å². The van der Waals surface area contributed by atoms with Crippen molar-refractivity contribution in [2.24, 2.45) is 11.8 Å². The molecule has 2 fully saturated rings. The Morgan fingerprint density at radius 1 is 1.00 bits per heavy atom. The molecule has 32 heavy (non-hydrogen) atoms. The van der Waals surface area contributed by atoms with Crippen molar-refractivity contribution < 1.29 is 13.9 Å². The summed E-state index contributed by atoms with van der Waals surface area (Å²) in [6, 6.07) is 12.5. The Morgan fingerprint density at radius 2 is 1.78 bits per heavy atom. The molecular weight excluding hydrogens is 402 g/mol. The number of carbonyl (C=O) groups excluding carboxylic acids is 1. The molecular formula is C26H31N3O3. The molecule has 1 saturated heterocycles. The van der Waals surface area contributed by atoms with Gasteiger partial charge in [0.05, 0.1) is 19.5 Å². The largest absolute Gasteiger partial charge is 0.454 e. The monoisotopic (exact) mass is 433 g/mol. The molecule has 6 heteroatoms. The Hall–Kier alpha value is -2.86. The fourth-order valence-corrected chi connectivity index (χ4v) is 4.37. The number of aromatic nitrogens is 2. The van der Waals surface area contributed by atoms with Gasteiger partial charge in [0.1, 0.15) is 5.76 Å². The Morgan fingerprint density at radius 3 is 2.50 bits per heavy atom. The summed E-state index contributed by atoms with van der Waals surface area (Å²) in [7, 11) is 0. The minimum atomic E-state index is -0.00381. The van der Waals surface area contributed by atoms with Crippen LogP contribution in [0, 0.1) is 11.8 Å². The zero-order valence-corrected chi connectivity index (χ0v) is 18.5. The van der Waals surface area contributed by atoms with Gasteiger partial charge in [0.2, 0.25) is 0 Å². The summed E-state index contributed by atoms with van der Waals surface area (Å²) in [5.41, 5.74) is 2.62. The highest BCUT2D eigenvalue weighted by Crippen LogP contribution is 2.29. The highest BCUT2D eigenvalue weighted by molar-refractivity contribution is 5.91. The van der Waals surface area contributed by atoms with E-state index >= 15 is 0 Å². The van der Waals surface area contributed by atoms with E-state index in [2.05, 4.69) is 29.2 Å². The normalized spacial score (nSPS) is 17.1. The molecule has 168 valence electrons. The van der Waals surface area contributed by atoms with E-state index in [1.54, 1.807) is 18.6 Å². The maximum atomic E-state index is 12.9. The first kappa shape index (κ1) is 21.0. The number of likely N-dealkylation sites (tertiary alicyclic amines) is 1. The molecule has 1 aromatic carbocycles. The summed E-state index contributed by atoms with van der Waals surface area (Å²) in [5, 5.41) is 0. The zero-order chi connectivity index (χ0) is 21.8. The minimum Gasteiger partial charge on any atom is -0.454 e. The van der Waals surface area contributed by atoms with Gasteiger partial charge in [-0.25, -0.2) is 4.98 Å². The molecule has 0 unspecified atom stereocenters. The molecule has 1 saturated carbocycles. The molecule has 3 aromatic rings. The maximum Gasteiger partial charge on any atom is 0.289 e. The van der Waals surface area contributed by atoms with Crippen LogP contribution in [0.2, 0.25) is 0 Å². The summed E-state index contributed by atoms with van der Waals surface area (Å²) in [6.45, 7) is 3.78. The molecule has 0 bridgehead atoms. The molecule has 2 aliphatic rings. The topological polar surface area (TPSA) is 60.5 Å². The Balaban J connectivity index is 1.07. The van der Waals surface area contributed by atoms with E-state index in [1.807, 2.05) is 21.7 Å². The number of nitrogens with zero attached hydrogens (tertiary/aromatic N) is 3. The van der Waals surface area contributed by atoms with Crippen LogP contribution in [0.1, 0.15) is 53.1 Å². The van der Waals surface area contributed by atoms with Gasteiger partial charge in [-0.15, -0.1) is 0 Å². The lowest BCUT2D eigenvalue weighted by atomic mass is 9.90. The molecule has 1 amide bonds. The second kappa shape index (κ2) is 9.74. The third kappa shape index (κ3) is 5.49. The summed E-state index contributed by atoms with van der Waals surface area (Å²) in [4.78, 5) is 18.8. The summed E-state index contributed by atoms with van der Waals surface area (Å²) < 4.78 is 13.5. The predicted octanol–water partition coefficient (Wildman–Crippen LogP) is 4.55. The van der Waals surface area contributed by atoms with E-state index in [0.717, 1.165) is 50.6 Å². The number of carbonyl (C=O) groups is 1. The van der Waals surface area contributed by atoms with Crippen LogP contribution in [0.5, 0.6) is 0 Å². The SMILES string of the molecule is O=C(c1ccc(Cn2ccnc2)o1)N1CCC(Cc2ccc(COCC3CC3)cc2)CC1. The van der Waals surface area contributed by atoms with Gasteiger partial charge in [0.15, 0.2) is 5.76 Å². The first-order chi connectivity index (χ1) is 15.7. The predicted molar refractivity (Wildman–Crippen MR) is 121 cm³/mol. The highest BCUT2D eigenvalue weighted by Gasteiger charge is 2.26. The molecule has 2 aromatic heterocycles. The van der Waals surface area contributed by atoms with Crippen LogP contribution in [0.3, 0.4) is 0 Å². The molecule has 5 rings (SSSR count). The smallest absolute Gasteiger partial charge is 0.289 e. The van der Waals surface area contributed by atoms with Crippen molar-refractivity contribution in [3.05, 3.63) is 77.8 Å². The first-order valence-electron chi connectivity index (χ1n) is 11.7. The quantitative estimate of drug-likeness (QED) is 0.497. The molecule has 6 nitrogen and oxygen atoms in total. The lowest BCUT2D eigenvalue weighted by Gasteiger charge is -2.31. The fourth-order valence-electron chi connectivity index (χ4n) is 4.37.